The molecule has 3 heteroatoms. The fourth-order valence-electron chi connectivity index (χ4n) is 3.52. The van der Waals surface area contributed by atoms with Crippen LogP contribution in [0.1, 0.15) is 58.4 Å². The molecule has 1 aromatic rings. The summed E-state index contributed by atoms with van der Waals surface area (Å²) >= 11 is 0. The third-order valence-corrected chi connectivity index (χ3v) is 5.29. The maximum Gasteiger partial charge on any atom is 0.118 e. The Morgan fingerprint density at radius 2 is 2.00 bits per heavy atom. The first-order valence-electron chi connectivity index (χ1n) is 9.01. The van der Waals surface area contributed by atoms with Crippen LogP contribution < -0.4 is 4.74 Å². The van der Waals surface area contributed by atoms with Gasteiger partial charge in [-0.05, 0) is 50.8 Å². The van der Waals surface area contributed by atoms with Gasteiger partial charge in [0.2, 0.25) is 0 Å². The predicted molar refractivity (Wildman–Crippen MR) is 98.2 cm³/mol. The Bertz CT molecular complexity index is 531. The van der Waals surface area contributed by atoms with Gasteiger partial charge >= 0.3 is 0 Å². The molecular formula is C21H32O3. The van der Waals surface area contributed by atoms with Crippen molar-refractivity contribution in [3.8, 4) is 5.75 Å². The summed E-state index contributed by atoms with van der Waals surface area (Å²) in [6.07, 6.45) is 6.99. The van der Waals surface area contributed by atoms with Crippen LogP contribution in [-0.2, 0) is 11.3 Å². The van der Waals surface area contributed by atoms with Gasteiger partial charge in [-0.2, -0.15) is 0 Å². The van der Waals surface area contributed by atoms with Crippen molar-refractivity contribution in [2.45, 2.75) is 71.7 Å². The zero-order valence-electron chi connectivity index (χ0n) is 15.5. The largest absolute Gasteiger partial charge is 0.497 e. The lowest BCUT2D eigenvalue weighted by Gasteiger charge is -2.44. The molecule has 1 fully saturated rings. The van der Waals surface area contributed by atoms with Crippen LogP contribution in [-0.4, -0.2) is 24.4 Å². The van der Waals surface area contributed by atoms with E-state index in [1.807, 2.05) is 24.3 Å². The third kappa shape index (κ3) is 4.84. The van der Waals surface area contributed by atoms with E-state index in [4.69, 9.17) is 9.47 Å². The number of aliphatic hydroxyl groups is 1. The minimum atomic E-state index is -0.353. The van der Waals surface area contributed by atoms with Gasteiger partial charge in [-0.15, -0.1) is 0 Å². The summed E-state index contributed by atoms with van der Waals surface area (Å²) < 4.78 is 11.5. The van der Waals surface area contributed by atoms with Crippen molar-refractivity contribution in [2.75, 3.05) is 7.11 Å². The lowest BCUT2D eigenvalue weighted by Crippen LogP contribution is -2.46. The molecule has 134 valence electrons. The van der Waals surface area contributed by atoms with Crippen LogP contribution in [0.2, 0.25) is 0 Å². The maximum atomic E-state index is 10.8. The van der Waals surface area contributed by atoms with Crippen LogP contribution in [0.15, 0.2) is 35.9 Å². The Morgan fingerprint density at radius 1 is 1.29 bits per heavy atom. The van der Waals surface area contributed by atoms with Crippen molar-refractivity contribution >= 4 is 0 Å². The number of hydrogen-bond donors (Lipinski definition) is 1. The first-order chi connectivity index (χ1) is 11.5. The minimum Gasteiger partial charge on any atom is -0.497 e. The van der Waals surface area contributed by atoms with Gasteiger partial charge in [0.1, 0.15) is 5.75 Å². The number of benzene rings is 1. The van der Waals surface area contributed by atoms with E-state index in [0.29, 0.717) is 13.0 Å². The van der Waals surface area contributed by atoms with E-state index in [1.54, 1.807) is 7.11 Å². The normalized spacial score (nSPS) is 25.1. The van der Waals surface area contributed by atoms with Gasteiger partial charge in [-0.1, -0.05) is 43.5 Å². The van der Waals surface area contributed by atoms with Gasteiger partial charge in [-0.25, -0.2) is 0 Å². The average molecular weight is 332 g/mol. The van der Waals surface area contributed by atoms with Gasteiger partial charge < -0.3 is 14.6 Å². The highest BCUT2D eigenvalue weighted by Gasteiger charge is 2.42. The fourth-order valence-corrected chi connectivity index (χ4v) is 3.52. The molecule has 1 saturated carbocycles. The van der Waals surface area contributed by atoms with Crippen molar-refractivity contribution in [3.05, 3.63) is 41.5 Å². The van der Waals surface area contributed by atoms with Crippen molar-refractivity contribution in [3.63, 3.8) is 0 Å². The van der Waals surface area contributed by atoms with Gasteiger partial charge in [0.25, 0.3) is 0 Å². The molecule has 0 aromatic heterocycles. The smallest absolute Gasteiger partial charge is 0.118 e. The van der Waals surface area contributed by atoms with Crippen LogP contribution in [0.5, 0.6) is 5.75 Å². The van der Waals surface area contributed by atoms with Crippen molar-refractivity contribution in [1.82, 2.24) is 0 Å². The number of rotatable bonds is 7. The molecule has 0 bridgehead atoms. The molecule has 1 unspecified atom stereocenters. The summed E-state index contributed by atoms with van der Waals surface area (Å²) in [7, 11) is 1.67. The Hall–Kier alpha value is -1.32. The second-order valence-electron chi connectivity index (χ2n) is 7.43. The second kappa shape index (κ2) is 8.68. The highest BCUT2D eigenvalue weighted by molar-refractivity contribution is 5.26. The Labute approximate surface area is 146 Å². The van der Waals surface area contributed by atoms with Gasteiger partial charge in [-0.3, -0.25) is 0 Å². The summed E-state index contributed by atoms with van der Waals surface area (Å²) in [5, 5.41) is 10.8. The molecule has 1 aromatic carbocycles. The zero-order chi connectivity index (χ0) is 17.6. The third-order valence-electron chi connectivity index (χ3n) is 5.29. The van der Waals surface area contributed by atoms with E-state index in [-0.39, 0.29) is 17.6 Å². The van der Waals surface area contributed by atoms with E-state index < -0.39 is 0 Å². The SMILES string of the molecule is COc1ccc(CO[C@H]2CCCC[C@]2(C)C(O)CC=C(C)C)cc1. The molecule has 0 saturated heterocycles. The monoisotopic (exact) mass is 332 g/mol. The molecule has 0 aliphatic heterocycles. The highest BCUT2D eigenvalue weighted by Crippen LogP contribution is 2.42. The molecule has 1 N–H and O–H groups in total. The quantitative estimate of drug-likeness (QED) is 0.723. The summed E-state index contributed by atoms with van der Waals surface area (Å²) in [5.74, 6) is 0.860. The Kier molecular flexibility index (Phi) is 6.88. The minimum absolute atomic E-state index is 0.105. The standard InChI is InChI=1S/C21H32O3/c1-16(2)8-13-19(22)21(3)14-6-5-7-20(21)24-15-17-9-11-18(23-4)12-10-17/h8-12,19-20,22H,5-7,13-15H2,1-4H3/t19?,20-,21+/m0/s1. The van der Waals surface area contributed by atoms with Crippen LogP contribution in [0.3, 0.4) is 0 Å². The van der Waals surface area contributed by atoms with E-state index in [9.17, 15) is 5.11 Å². The summed E-state index contributed by atoms with van der Waals surface area (Å²) in [6.45, 7) is 6.93. The molecule has 24 heavy (non-hydrogen) atoms. The number of hydrogen-bond acceptors (Lipinski definition) is 3. The van der Waals surface area contributed by atoms with E-state index in [1.165, 1.54) is 18.4 Å². The lowest BCUT2D eigenvalue weighted by atomic mass is 9.68. The molecule has 3 atom stereocenters. The van der Waals surface area contributed by atoms with Crippen molar-refractivity contribution < 1.29 is 14.6 Å². The van der Waals surface area contributed by atoms with Crippen LogP contribution in [0.25, 0.3) is 0 Å². The lowest BCUT2D eigenvalue weighted by molar-refractivity contribution is -0.120. The van der Waals surface area contributed by atoms with Gasteiger partial charge in [0, 0.05) is 5.41 Å². The molecule has 1 aliphatic carbocycles. The van der Waals surface area contributed by atoms with E-state index in [0.717, 1.165) is 24.2 Å². The maximum absolute atomic E-state index is 10.8. The number of ether oxygens (including phenoxy) is 2. The topological polar surface area (TPSA) is 38.7 Å². The predicted octanol–water partition coefficient (Wildman–Crippen LogP) is 4.88. The summed E-state index contributed by atoms with van der Waals surface area (Å²) in [5.41, 5.74) is 2.23. The summed E-state index contributed by atoms with van der Waals surface area (Å²) in [6, 6.07) is 8.00. The molecular weight excluding hydrogens is 300 g/mol. The van der Waals surface area contributed by atoms with Crippen LogP contribution >= 0.6 is 0 Å². The molecule has 0 spiro atoms. The van der Waals surface area contributed by atoms with E-state index >= 15 is 0 Å². The number of methoxy groups -OCH3 is 1. The molecule has 0 amide bonds. The number of aliphatic hydroxyl groups excluding tert-OH is 1. The molecule has 2 rings (SSSR count). The zero-order valence-corrected chi connectivity index (χ0v) is 15.5. The molecule has 3 nitrogen and oxygen atoms in total. The highest BCUT2D eigenvalue weighted by atomic mass is 16.5. The van der Waals surface area contributed by atoms with Crippen molar-refractivity contribution in [1.29, 1.82) is 0 Å². The van der Waals surface area contributed by atoms with Gasteiger partial charge in [0.15, 0.2) is 0 Å². The Balaban J connectivity index is 2.00. The van der Waals surface area contributed by atoms with E-state index in [2.05, 4.69) is 26.8 Å². The number of allylic oxidation sites excluding steroid dienone is 1. The van der Waals surface area contributed by atoms with Crippen LogP contribution in [0, 0.1) is 5.41 Å². The molecule has 0 radical (unpaired) electrons. The first-order valence-corrected chi connectivity index (χ1v) is 9.01. The summed E-state index contributed by atoms with van der Waals surface area (Å²) in [4.78, 5) is 0. The second-order valence-corrected chi connectivity index (χ2v) is 7.43. The molecule has 0 heterocycles. The van der Waals surface area contributed by atoms with Crippen LogP contribution in [0.4, 0.5) is 0 Å². The molecule has 1 aliphatic rings. The fraction of sp³-hybridized carbons (Fsp3) is 0.619. The average Bonchev–Trinajstić information content (AvgIpc) is 2.59. The Morgan fingerprint density at radius 3 is 2.62 bits per heavy atom. The van der Waals surface area contributed by atoms with Crippen molar-refractivity contribution in [2.24, 2.45) is 5.41 Å². The first kappa shape index (κ1) is 19.0. The van der Waals surface area contributed by atoms with Gasteiger partial charge in [0.05, 0.1) is 25.9 Å².